The van der Waals surface area contributed by atoms with E-state index in [1.807, 2.05) is 41.3 Å². The number of carbonyl (C=O) groups is 2. The molecule has 5 rings (SSSR count). The number of hydrogen-bond acceptors (Lipinski definition) is 3. The molecule has 2 aliphatic heterocycles. The fourth-order valence-electron chi connectivity index (χ4n) is 5.00. The summed E-state index contributed by atoms with van der Waals surface area (Å²) in [6, 6.07) is 14.9. The van der Waals surface area contributed by atoms with Gasteiger partial charge < -0.3 is 14.6 Å². The maximum Gasteiger partial charge on any atom is 0.328 e. The first-order chi connectivity index (χ1) is 15.0. The number of carbonyl (C=O) groups excluding carboxylic acids is 2. The molecule has 6 heteroatoms. The third-order valence-electron chi connectivity index (χ3n) is 6.45. The van der Waals surface area contributed by atoms with Gasteiger partial charge in [0.25, 0.3) is 5.91 Å². The lowest BCUT2D eigenvalue weighted by Crippen LogP contribution is -2.44. The summed E-state index contributed by atoms with van der Waals surface area (Å²) in [5.74, 6) is 1.04. The number of nitrogens with zero attached hydrogens (tertiary/aromatic N) is 2. The van der Waals surface area contributed by atoms with Crippen LogP contribution in [0.4, 0.5) is 4.79 Å². The van der Waals surface area contributed by atoms with Crippen LogP contribution in [0.15, 0.2) is 48.5 Å². The Labute approximate surface area is 181 Å². The van der Waals surface area contributed by atoms with Gasteiger partial charge in [0.05, 0.1) is 19.7 Å². The zero-order chi connectivity index (χ0) is 21.7. The number of ether oxygens (including phenoxy) is 1. The van der Waals surface area contributed by atoms with Gasteiger partial charge in [-0.25, -0.2) is 4.79 Å². The van der Waals surface area contributed by atoms with Crippen LogP contribution in [0.1, 0.15) is 43.1 Å². The van der Waals surface area contributed by atoms with Crippen molar-refractivity contribution in [3.8, 4) is 5.75 Å². The molecule has 2 aliphatic rings. The first-order valence-electron chi connectivity index (χ1n) is 10.8. The molecule has 0 aliphatic carbocycles. The van der Waals surface area contributed by atoms with Crippen molar-refractivity contribution in [1.29, 1.82) is 0 Å². The second-order valence-electron chi connectivity index (χ2n) is 8.89. The molecule has 3 aromatic rings. The topological polar surface area (TPSA) is 65.6 Å². The van der Waals surface area contributed by atoms with Crippen molar-refractivity contribution in [2.24, 2.45) is 5.92 Å². The van der Waals surface area contributed by atoms with Crippen LogP contribution in [0, 0.1) is 5.92 Å². The molecule has 3 heterocycles. The van der Waals surface area contributed by atoms with Gasteiger partial charge in [0.1, 0.15) is 11.8 Å². The fraction of sp³-hybridized carbons (Fsp3) is 0.360. The number of imide groups is 1. The number of para-hydroxylation sites is 1. The quantitative estimate of drug-likeness (QED) is 0.615. The molecule has 2 atom stereocenters. The van der Waals surface area contributed by atoms with Crippen LogP contribution in [0.3, 0.4) is 0 Å². The highest BCUT2D eigenvalue weighted by atomic mass is 16.5. The summed E-state index contributed by atoms with van der Waals surface area (Å²) in [4.78, 5) is 33.7. The highest BCUT2D eigenvalue weighted by molar-refractivity contribution is 6.05. The Kier molecular flexibility index (Phi) is 4.73. The molecule has 6 nitrogen and oxygen atoms in total. The zero-order valence-electron chi connectivity index (χ0n) is 18.1. The molecule has 1 fully saturated rings. The van der Waals surface area contributed by atoms with E-state index in [9.17, 15) is 9.59 Å². The molecule has 160 valence electrons. The summed E-state index contributed by atoms with van der Waals surface area (Å²) >= 11 is 0. The number of methoxy groups -OCH3 is 1. The Bertz CT molecular complexity index is 1150. The number of benzene rings is 2. The van der Waals surface area contributed by atoms with E-state index >= 15 is 0 Å². The van der Waals surface area contributed by atoms with Crippen molar-refractivity contribution in [3.05, 3.63) is 65.4 Å². The van der Waals surface area contributed by atoms with Crippen molar-refractivity contribution < 1.29 is 14.3 Å². The van der Waals surface area contributed by atoms with Gasteiger partial charge >= 0.3 is 6.03 Å². The number of amides is 3. The summed E-state index contributed by atoms with van der Waals surface area (Å²) in [6.45, 7) is 4.59. The van der Waals surface area contributed by atoms with Gasteiger partial charge in [-0.2, -0.15) is 0 Å². The van der Waals surface area contributed by atoms with E-state index in [2.05, 4.69) is 31.0 Å². The standard InChI is InChI=1S/C25H27N3O3/c1-15(2)12-21-23-19(18-6-4-5-7-20(18)26-23)13-22-24(29)27(25(30)28(21)22)14-16-8-10-17(31-3)11-9-16/h4-11,15,21-22,26H,12-14H2,1-3H3/t21-,22+/m1/s1. The number of fused-ring (bicyclic) bond motifs is 4. The number of H-pyrrole nitrogens is 1. The van der Waals surface area contributed by atoms with Crippen LogP contribution in [-0.2, 0) is 17.8 Å². The second kappa shape index (κ2) is 7.45. The van der Waals surface area contributed by atoms with Crippen molar-refractivity contribution in [2.75, 3.05) is 7.11 Å². The second-order valence-corrected chi connectivity index (χ2v) is 8.89. The van der Waals surface area contributed by atoms with Crippen LogP contribution in [-0.4, -0.2) is 39.9 Å². The van der Waals surface area contributed by atoms with Gasteiger partial charge in [0.2, 0.25) is 0 Å². The van der Waals surface area contributed by atoms with Crippen LogP contribution in [0.2, 0.25) is 0 Å². The van der Waals surface area contributed by atoms with Crippen molar-refractivity contribution in [3.63, 3.8) is 0 Å². The minimum absolute atomic E-state index is 0.106. The van der Waals surface area contributed by atoms with Crippen molar-refractivity contribution in [1.82, 2.24) is 14.8 Å². The highest BCUT2D eigenvalue weighted by Crippen LogP contribution is 2.43. The molecule has 1 aromatic heterocycles. The lowest BCUT2D eigenvalue weighted by molar-refractivity contribution is -0.129. The Morgan fingerprint density at radius 1 is 1.10 bits per heavy atom. The van der Waals surface area contributed by atoms with E-state index in [1.54, 1.807) is 7.11 Å². The molecule has 0 unspecified atom stereocenters. The maximum absolute atomic E-state index is 13.5. The van der Waals surface area contributed by atoms with E-state index in [0.29, 0.717) is 12.3 Å². The third-order valence-corrected chi connectivity index (χ3v) is 6.45. The number of aromatic amines is 1. The average molecular weight is 418 g/mol. The Balaban J connectivity index is 1.51. The van der Waals surface area contributed by atoms with Crippen molar-refractivity contribution >= 4 is 22.8 Å². The SMILES string of the molecule is COc1ccc(CN2C(=O)[C@@H]3Cc4c([nH]c5ccccc45)[C@@H](CC(C)C)N3C2=O)cc1. The normalized spacial score (nSPS) is 20.5. The van der Waals surface area contributed by atoms with E-state index in [1.165, 1.54) is 10.5 Å². The largest absolute Gasteiger partial charge is 0.497 e. The maximum atomic E-state index is 13.5. The number of nitrogens with one attached hydrogen (secondary N) is 1. The third kappa shape index (κ3) is 3.17. The monoisotopic (exact) mass is 417 g/mol. The van der Waals surface area contributed by atoms with E-state index < -0.39 is 6.04 Å². The Hall–Kier alpha value is -3.28. The lowest BCUT2D eigenvalue weighted by atomic mass is 9.88. The molecule has 0 bridgehead atoms. The van der Waals surface area contributed by atoms with E-state index in [4.69, 9.17) is 4.74 Å². The number of urea groups is 1. The van der Waals surface area contributed by atoms with Crippen LogP contribution < -0.4 is 4.74 Å². The first-order valence-corrected chi connectivity index (χ1v) is 10.8. The highest BCUT2D eigenvalue weighted by Gasteiger charge is 2.51. The van der Waals surface area contributed by atoms with E-state index in [0.717, 1.165) is 34.3 Å². The van der Waals surface area contributed by atoms with Crippen LogP contribution in [0.25, 0.3) is 10.9 Å². The summed E-state index contributed by atoms with van der Waals surface area (Å²) in [5, 5.41) is 1.15. The minimum atomic E-state index is -0.443. The van der Waals surface area contributed by atoms with Crippen LogP contribution in [0.5, 0.6) is 5.75 Å². The van der Waals surface area contributed by atoms with Crippen LogP contribution >= 0.6 is 0 Å². The summed E-state index contributed by atoms with van der Waals surface area (Å²) < 4.78 is 5.21. The van der Waals surface area contributed by atoms with Gasteiger partial charge in [-0.05, 0) is 41.7 Å². The number of hydrogen-bond donors (Lipinski definition) is 1. The summed E-state index contributed by atoms with van der Waals surface area (Å²) in [6.07, 6.45) is 1.36. The minimum Gasteiger partial charge on any atom is -0.497 e. The summed E-state index contributed by atoms with van der Waals surface area (Å²) in [5.41, 5.74) is 4.23. The average Bonchev–Trinajstić information content (AvgIpc) is 3.25. The molecule has 2 aromatic carbocycles. The van der Waals surface area contributed by atoms with Gasteiger partial charge in [-0.15, -0.1) is 0 Å². The van der Waals surface area contributed by atoms with E-state index in [-0.39, 0.29) is 24.5 Å². The summed E-state index contributed by atoms with van der Waals surface area (Å²) in [7, 11) is 1.62. The predicted molar refractivity (Wildman–Crippen MR) is 119 cm³/mol. The molecule has 0 radical (unpaired) electrons. The molecule has 0 saturated carbocycles. The molecule has 1 N–H and O–H groups in total. The molecular weight excluding hydrogens is 390 g/mol. The lowest BCUT2D eigenvalue weighted by Gasteiger charge is -2.36. The molecule has 31 heavy (non-hydrogen) atoms. The molecule has 3 amide bonds. The fourth-order valence-corrected chi connectivity index (χ4v) is 5.00. The Morgan fingerprint density at radius 2 is 1.84 bits per heavy atom. The molecule has 1 saturated heterocycles. The van der Waals surface area contributed by atoms with Crippen molar-refractivity contribution in [2.45, 2.75) is 45.3 Å². The molecule has 0 spiro atoms. The first kappa shape index (κ1) is 19.7. The van der Waals surface area contributed by atoms with Gasteiger partial charge in [0.15, 0.2) is 0 Å². The smallest absolute Gasteiger partial charge is 0.328 e. The van der Waals surface area contributed by atoms with Gasteiger partial charge in [0, 0.05) is 23.0 Å². The number of rotatable bonds is 5. The zero-order valence-corrected chi connectivity index (χ0v) is 18.1. The Morgan fingerprint density at radius 3 is 2.55 bits per heavy atom. The van der Waals surface area contributed by atoms with Gasteiger partial charge in [-0.3, -0.25) is 9.69 Å². The van der Waals surface area contributed by atoms with Gasteiger partial charge in [-0.1, -0.05) is 44.2 Å². The predicted octanol–water partition coefficient (Wildman–Crippen LogP) is 4.65. The number of aromatic nitrogens is 1. The molecular formula is C25H27N3O3.